The number of nitrogens with zero attached hydrogens (tertiary/aromatic N) is 6. The fraction of sp³-hybridized carbons (Fsp3) is 0.636. The molecule has 1 aromatic heterocycles. The van der Waals surface area contributed by atoms with Gasteiger partial charge in [0, 0.05) is 64.1 Å². The normalized spacial score (nSPS) is 24.4. The number of carbonyl (C=O) groups excluding carboxylic acids is 2. The second-order valence-corrected chi connectivity index (χ2v) is 13.0. The van der Waals surface area contributed by atoms with Gasteiger partial charge in [-0.25, -0.2) is 14.8 Å². The highest BCUT2D eigenvalue weighted by molar-refractivity contribution is 5.96. The van der Waals surface area contributed by atoms with E-state index in [9.17, 15) is 9.59 Å². The first-order chi connectivity index (χ1) is 20.3. The summed E-state index contributed by atoms with van der Waals surface area (Å²) in [7, 11) is 0. The van der Waals surface area contributed by atoms with E-state index < -0.39 is 0 Å². The molecule has 226 valence electrons. The van der Waals surface area contributed by atoms with Crippen LogP contribution < -0.4 is 0 Å². The molecule has 9 heteroatoms. The van der Waals surface area contributed by atoms with E-state index in [1.165, 1.54) is 11.9 Å². The lowest BCUT2D eigenvalue weighted by Crippen LogP contribution is -2.58. The van der Waals surface area contributed by atoms with Crippen molar-refractivity contribution in [2.24, 2.45) is 5.92 Å². The highest BCUT2D eigenvalue weighted by Gasteiger charge is 2.45. The molecule has 4 saturated heterocycles. The molecule has 0 aliphatic carbocycles. The van der Waals surface area contributed by atoms with E-state index in [2.05, 4.69) is 61.9 Å². The average molecular weight is 575 g/mol. The molecule has 0 N–H and O–H groups in total. The fourth-order valence-electron chi connectivity index (χ4n) is 7.67. The Morgan fingerprint density at radius 3 is 2.24 bits per heavy atom. The summed E-state index contributed by atoms with van der Waals surface area (Å²) in [6, 6.07) is 11.2. The molecule has 1 aromatic carbocycles. The third-order valence-corrected chi connectivity index (χ3v) is 10.4. The first-order valence-electron chi connectivity index (χ1n) is 15.9. The number of aryl methyl sites for hydroxylation is 2. The van der Waals surface area contributed by atoms with Crippen LogP contribution in [0.5, 0.6) is 0 Å². The number of hydrogen-bond donors (Lipinski definition) is 0. The number of ether oxygens (including phenoxy) is 1. The van der Waals surface area contributed by atoms with Crippen molar-refractivity contribution in [2.75, 3.05) is 52.5 Å². The number of rotatable bonds is 6. The van der Waals surface area contributed by atoms with Crippen molar-refractivity contribution < 1.29 is 14.3 Å². The zero-order chi connectivity index (χ0) is 29.3. The van der Waals surface area contributed by atoms with Crippen LogP contribution in [0.1, 0.15) is 78.8 Å². The smallest absolute Gasteiger partial charge is 0.320 e. The average Bonchev–Trinajstić information content (AvgIpc) is 3.33. The van der Waals surface area contributed by atoms with Gasteiger partial charge in [-0.05, 0) is 70.8 Å². The lowest BCUT2D eigenvalue weighted by atomic mass is 9.85. The van der Waals surface area contributed by atoms with E-state index in [0.717, 1.165) is 102 Å². The van der Waals surface area contributed by atoms with Crippen molar-refractivity contribution in [2.45, 2.75) is 76.9 Å². The molecular weight excluding hydrogens is 528 g/mol. The largest absolute Gasteiger partial charge is 0.381 e. The van der Waals surface area contributed by atoms with Crippen LogP contribution in [0.25, 0.3) is 0 Å². The van der Waals surface area contributed by atoms with Gasteiger partial charge in [0.15, 0.2) is 0 Å². The van der Waals surface area contributed by atoms with E-state index >= 15 is 0 Å². The number of hydrogen-bond acceptors (Lipinski definition) is 6. The maximum absolute atomic E-state index is 13.9. The number of urea groups is 1. The van der Waals surface area contributed by atoms with Crippen molar-refractivity contribution in [3.63, 3.8) is 0 Å². The predicted octanol–water partition coefficient (Wildman–Crippen LogP) is 4.46. The molecule has 42 heavy (non-hydrogen) atoms. The Morgan fingerprint density at radius 1 is 0.952 bits per heavy atom. The summed E-state index contributed by atoms with van der Waals surface area (Å²) in [6.45, 7) is 12.8. The third kappa shape index (κ3) is 5.78. The van der Waals surface area contributed by atoms with Gasteiger partial charge in [0.1, 0.15) is 6.33 Å². The van der Waals surface area contributed by atoms with Gasteiger partial charge < -0.3 is 19.4 Å². The Hall–Kier alpha value is -3.04. The predicted molar refractivity (Wildman–Crippen MR) is 161 cm³/mol. The van der Waals surface area contributed by atoms with Crippen LogP contribution in [0.4, 0.5) is 4.79 Å². The summed E-state index contributed by atoms with van der Waals surface area (Å²) in [5, 5.41) is 0. The molecule has 4 aliphatic rings. The van der Waals surface area contributed by atoms with Gasteiger partial charge in [-0.3, -0.25) is 9.69 Å². The molecule has 0 radical (unpaired) electrons. The summed E-state index contributed by atoms with van der Waals surface area (Å²) < 4.78 is 5.57. The lowest BCUT2D eigenvalue weighted by molar-refractivity contribution is 0.00483. The Balaban J connectivity index is 1.09. The van der Waals surface area contributed by atoms with Crippen molar-refractivity contribution in [3.05, 3.63) is 59.2 Å². The van der Waals surface area contributed by atoms with Gasteiger partial charge in [0.05, 0.1) is 23.0 Å². The molecule has 6 rings (SSSR count). The molecule has 0 spiro atoms. The van der Waals surface area contributed by atoms with E-state index in [4.69, 9.17) is 4.74 Å². The number of likely N-dealkylation sites (tertiary alicyclic amines) is 2. The van der Waals surface area contributed by atoms with Gasteiger partial charge in [-0.15, -0.1) is 0 Å². The molecule has 3 amide bonds. The van der Waals surface area contributed by atoms with Gasteiger partial charge >= 0.3 is 6.03 Å². The molecule has 4 fully saturated rings. The van der Waals surface area contributed by atoms with Crippen LogP contribution in [0.15, 0.2) is 36.7 Å². The first kappa shape index (κ1) is 29.1. The monoisotopic (exact) mass is 574 g/mol. The van der Waals surface area contributed by atoms with E-state index in [1.807, 2.05) is 18.7 Å². The molecule has 5 heterocycles. The highest BCUT2D eigenvalue weighted by Crippen LogP contribution is 2.38. The minimum Gasteiger partial charge on any atom is -0.381 e. The Labute approximate surface area is 250 Å². The number of piperidine rings is 2. The standard InChI is InChI=1S/C33H46N6O3/c1-24-30(25(2)35-23-34-24)31(40)36-17-13-33(3,14-18-36)38-15-9-28(10-16-38)39-29(27-7-5-4-6-8-27)22-37(32(39)41)21-26-11-19-42-20-12-26/h4-8,23,26,28-29H,9-22H2,1-3H3. The van der Waals surface area contributed by atoms with Crippen molar-refractivity contribution in [1.29, 1.82) is 0 Å². The van der Waals surface area contributed by atoms with Gasteiger partial charge in [-0.1, -0.05) is 30.3 Å². The molecule has 1 unspecified atom stereocenters. The SMILES string of the molecule is Cc1ncnc(C)c1C(=O)N1CCC(C)(N2CCC(N3C(=O)N(CC4CCOCC4)CC3c3ccccc3)CC2)CC1. The van der Waals surface area contributed by atoms with E-state index in [1.54, 1.807) is 0 Å². The van der Waals surface area contributed by atoms with Crippen LogP contribution in [0.3, 0.4) is 0 Å². The highest BCUT2D eigenvalue weighted by atomic mass is 16.5. The first-order valence-corrected chi connectivity index (χ1v) is 15.9. The minimum absolute atomic E-state index is 0.0520. The van der Waals surface area contributed by atoms with Crippen molar-refractivity contribution in [1.82, 2.24) is 29.6 Å². The van der Waals surface area contributed by atoms with E-state index in [0.29, 0.717) is 11.5 Å². The van der Waals surface area contributed by atoms with Gasteiger partial charge in [0.25, 0.3) is 5.91 Å². The third-order valence-electron chi connectivity index (χ3n) is 10.4. The second-order valence-electron chi connectivity index (χ2n) is 13.0. The maximum Gasteiger partial charge on any atom is 0.320 e. The summed E-state index contributed by atoms with van der Waals surface area (Å²) in [5.41, 5.74) is 3.44. The Morgan fingerprint density at radius 2 is 1.60 bits per heavy atom. The number of amides is 3. The molecular formula is C33H46N6O3. The molecule has 0 bridgehead atoms. The van der Waals surface area contributed by atoms with Crippen LogP contribution in [-0.4, -0.2) is 106 Å². The number of aromatic nitrogens is 2. The van der Waals surface area contributed by atoms with Crippen LogP contribution in [-0.2, 0) is 4.74 Å². The summed E-state index contributed by atoms with van der Waals surface area (Å²) in [5.74, 6) is 0.581. The second kappa shape index (κ2) is 12.3. The Kier molecular flexibility index (Phi) is 8.50. The quantitative estimate of drug-likeness (QED) is 0.507. The summed E-state index contributed by atoms with van der Waals surface area (Å²) in [6.07, 6.45) is 7.47. The van der Waals surface area contributed by atoms with Crippen molar-refractivity contribution >= 4 is 11.9 Å². The van der Waals surface area contributed by atoms with Gasteiger partial charge in [-0.2, -0.15) is 0 Å². The molecule has 0 saturated carbocycles. The zero-order valence-corrected chi connectivity index (χ0v) is 25.5. The van der Waals surface area contributed by atoms with Crippen LogP contribution in [0.2, 0.25) is 0 Å². The topological polar surface area (TPSA) is 82.1 Å². The van der Waals surface area contributed by atoms with E-state index in [-0.39, 0.29) is 29.6 Å². The number of benzene rings is 1. The zero-order valence-electron chi connectivity index (χ0n) is 25.5. The molecule has 4 aliphatic heterocycles. The molecule has 1 atom stereocenters. The summed E-state index contributed by atoms with van der Waals surface area (Å²) in [4.78, 5) is 44.7. The lowest BCUT2D eigenvalue weighted by Gasteiger charge is -2.50. The Bertz CT molecular complexity index is 1230. The van der Waals surface area contributed by atoms with Crippen LogP contribution >= 0.6 is 0 Å². The van der Waals surface area contributed by atoms with Gasteiger partial charge in [0.2, 0.25) is 0 Å². The minimum atomic E-state index is 0.0520. The maximum atomic E-state index is 13.9. The molecule has 2 aromatic rings. The molecule has 9 nitrogen and oxygen atoms in total. The number of carbonyl (C=O) groups is 2. The fourth-order valence-corrected chi connectivity index (χ4v) is 7.67. The summed E-state index contributed by atoms with van der Waals surface area (Å²) >= 11 is 0. The van der Waals surface area contributed by atoms with Crippen LogP contribution in [0, 0.1) is 19.8 Å². The van der Waals surface area contributed by atoms with Crippen molar-refractivity contribution in [3.8, 4) is 0 Å².